The second kappa shape index (κ2) is 5.88. The van der Waals surface area contributed by atoms with Crippen molar-refractivity contribution >= 4 is 27.3 Å². The highest BCUT2D eigenvalue weighted by Gasteiger charge is 2.17. The van der Waals surface area contributed by atoms with E-state index in [0.717, 1.165) is 20.6 Å². The lowest BCUT2D eigenvalue weighted by atomic mass is 10.0. The van der Waals surface area contributed by atoms with E-state index in [0.29, 0.717) is 6.42 Å². The summed E-state index contributed by atoms with van der Waals surface area (Å²) in [6, 6.07) is 4.59. The molecule has 6 heteroatoms. The average Bonchev–Trinajstić information content (AvgIpc) is 2.77. The van der Waals surface area contributed by atoms with Crippen LogP contribution in [0.3, 0.4) is 0 Å². The maximum atomic E-state index is 13.2. The Bertz CT molecular complexity index is 544. The van der Waals surface area contributed by atoms with Crippen LogP contribution >= 0.6 is 27.3 Å². The first-order valence-corrected chi connectivity index (χ1v) is 7.09. The summed E-state index contributed by atoms with van der Waals surface area (Å²) in [5.41, 5.74) is 6.39. The second-order valence-corrected chi connectivity index (χ2v) is 5.70. The number of nitrogens with two attached hydrogens (primary N) is 1. The van der Waals surface area contributed by atoms with Crippen molar-refractivity contribution in [3.63, 3.8) is 0 Å². The van der Waals surface area contributed by atoms with Gasteiger partial charge >= 0.3 is 0 Å². The van der Waals surface area contributed by atoms with Gasteiger partial charge in [-0.25, -0.2) is 9.37 Å². The fourth-order valence-electron chi connectivity index (χ4n) is 1.79. The molecule has 0 aliphatic carbocycles. The van der Waals surface area contributed by atoms with Crippen LogP contribution in [0.25, 0.3) is 0 Å². The topological polar surface area (TPSA) is 50.9 Å². The lowest BCUT2D eigenvalue weighted by molar-refractivity contribution is 0.552. The normalized spacial score (nSPS) is 12.7. The van der Waals surface area contributed by atoms with Gasteiger partial charge in [0.25, 0.3) is 0 Å². The monoisotopic (exact) mass is 329 g/mol. The van der Waals surface area contributed by atoms with Gasteiger partial charge in [-0.1, -0.05) is 15.9 Å². The van der Waals surface area contributed by atoms with E-state index >= 15 is 0 Å². The van der Waals surface area contributed by atoms with Crippen LogP contribution in [0.15, 0.2) is 28.2 Å². The maximum absolute atomic E-state index is 13.2. The molecule has 0 saturated heterocycles. The van der Waals surface area contributed by atoms with Gasteiger partial charge in [-0.2, -0.15) is 0 Å². The Labute approximate surface area is 117 Å². The van der Waals surface area contributed by atoms with Crippen LogP contribution in [0.1, 0.15) is 22.2 Å². The maximum Gasteiger partial charge on any atom is 0.123 e. The van der Waals surface area contributed by atoms with E-state index < -0.39 is 0 Å². The summed E-state index contributed by atoms with van der Waals surface area (Å²) in [7, 11) is 0. The zero-order valence-electron chi connectivity index (χ0n) is 9.78. The number of nitrogens with one attached hydrogen (secondary N) is 1. The number of benzene rings is 1. The minimum Gasteiger partial charge on any atom is -0.271 e. The highest BCUT2D eigenvalue weighted by molar-refractivity contribution is 9.10. The number of halogens is 2. The van der Waals surface area contributed by atoms with Gasteiger partial charge in [0.2, 0.25) is 0 Å². The Balaban J connectivity index is 2.26. The van der Waals surface area contributed by atoms with Crippen molar-refractivity contribution in [2.45, 2.75) is 19.4 Å². The molecule has 3 N–H and O–H groups in total. The van der Waals surface area contributed by atoms with Gasteiger partial charge in [-0.15, -0.1) is 11.3 Å². The Morgan fingerprint density at radius 3 is 2.94 bits per heavy atom. The van der Waals surface area contributed by atoms with E-state index in [1.165, 1.54) is 12.1 Å². The fraction of sp³-hybridized carbons (Fsp3) is 0.250. The highest BCUT2D eigenvalue weighted by Crippen LogP contribution is 2.27. The minimum absolute atomic E-state index is 0.0596. The number of aromatic nitrogens is 1. The molecule has 1 aromatic carbocycles. The zero-order chi connectivity index (χ0) is 13.1. The second-order valence-electron chi connectivity index (χ2n) is 3.96. The van der Waals surface area contributed by atoms with Gasteiger partial charge in [0.15, 0.2) is 0 Å². The molecule has 0 fully saturated rings. The number of nitrogens with zero attached hydrogens (tertiary/aromatic N) is 1. The first-order chi connectivity index (χ1) is 8.61. The Hall–Kier alpha value is -0.820. The molecule has 0 bridgehead atoms. The van der Waals surface area contributed by atoms with Crippen LogP contribution < -0.4 is 11.3 Å². The molecule has 96 valence electrons. The number of hydrogen-bond donors (Lipinski definition) is 2. The minimum atomic E-state index is -0.245. The summed E-state index contributed by atoms with van der Waals surface area (Å²) in [5, 5.41) is 0. The van der Waals surface area contributed by atoms with E-state index in [-0.39, 0.29) is 11.9 Å². The first-order valence-electron chi connectivity index (χ1n) is 5.42. The third-order valence-electron chi connectivity index (χ3n) is 2.73. The van der Waals surface area contributed by atoms with Gasteiger partial charge in [-0.3, -0.25) is 11.3 Å². The van der Waals surface area contributed by atoms with Crippen molar-refractivity contribution in [2.75, 3.05) is 0 Å². The lowest BCUT2D eigenvalue weighted by Gasteiger charge is -2.16. The molecule has 1 atom stereocenters. The Kier molecular flexibility index (Phi) is 4.45. The van der Waals surface area contributed by atoms with Crippen molar-refractivity contribution in [3.8, 4) is 0 Å². The van der Waals surface area contributed by atoms with E-state index in [1.807, 2.05) is 6.92 Å². The highest BCUT2D eigenvalue weighted by atomic mass is 79.9. The molecule has 0 spiro atoms. The predicted octanol–water partition coefficient (Wildman–Crippen LogP) is 3.10. The van der Waals surface area contributed by atoms with E-state index in [4.69, 9.17) is 5.84 Å². The van der Waals surface area contributed by atoms with Crippen LogP contribution in [-0.4, -0.2) is 4.98 Å². The first kappa shape index (κ1) is 13.6. The molecule has 3 nitrogen and oxygen atoms in total. The third-order valence-corrected chi connectivity index (χ3v) is 4.55. The number of rotatable bonds is 4. The molecule has 0 radical (unpaired) electrons. The number of aryl methyl sites for hydroxylation is 1. The smallest absolute Gasteiger partial charge is 0.123 e. The van der Waals surface area contributed by atoms with Crippen LogP contribution in [0.2, 0.25) is 0 Å². The van der Waals surface area contributed by atoms with Crippen molar-refractivity contribution in [1.29, 1.82) is 0 Å². The molecule has 0 saturated carbocycles. The largest absolute Gasteiger partial charge is 0.271 e. The molecule has 1 heterocycles. The quantitative estimate of drug-likeness (QED) is 0.669. The number of thiazole rings is 1. The van der Waals surface area contributed by atoms with Crippen molar-refractivity contribution in [2.24, 2.45) is 5.84 Å². The van der Waals surface area contributed by atoms with Gasteiger partial charge in [0.05, 0.1) is 17.2 Å². The SMILES string of the molecule is Cc1ncsc1C(Cc1cc(F)ccc1Br)NN. The van der Waals surface area contributed by atoms with Gasteiger partial charge in [0.1, 0.15) is 5.82 Å². The molecule has 1 unspecified atom stereocenters. The molecule has 0 aliphatic rings. The van der Waals surface area contributed by atoms with Gasteiger partial charge in [0, 0.05) is 9.35 Å². The summed E-state index contributed by atoms with van der Waals surface area (Å²) >= 11 is 4.97. The molecular formula is C12H13BrFN3S. The zero-order valence-corrected chi connectivity index (χ0v) is 12.2. The lowest BCUT2D eigenvalue weighted by Crippen LogP contribution is -2.29. The molecule has 2 rings (SSSR count). The summed E-state index contributed by atoms with van der Waals surface area (Å²) in [4.78, 5) is 5.28. The van der Waals surface area contributed by atoms with E-state index in [1.54, 1.807) is 22.9 Å². The van der Waals surface area contributed by atoms with Crippen LogP contribution in [0.5, 0.6) is 0 Å². The van der Waals surface area contributed by atoms with E-state index in [9.17, 15) is 4.39 Å². The van der Waals surface area contributed by atoms with Crippen LogP contribution in [0.4, 0.5) is 4.39 Å². The molecule has 2 aromatic rings. The molecular weight excluding hydrogens is 317 g/mol. The molecule has 1 aromatic heterocycles. The summed E-state index contributed by atoms with van der Waals surface area (Å²) in [6.45, 7) is 1.94. The number of hydrazine groups is 1. The van der Waals surface area contributed by atoms with Gasteiger partial charge in [-0.05, 0) is 37.1 Å². The molecule has 0 amide bonds. The van der Waals surface area contributed by atoms with Gasteiger partial charge < -0.3 is 0 Å². The fourth-order valence-corrected chi connectivity index (χ4v) is 3.06. The molecule has 0 aliphatic heterocycles. The third kappa shape index (κ3) is 2.95. The van der Waals surface area contributed by atoms with E-state index in [2.05, 4.69) is 26.3 Å². The standard InChI is InChI=1S/C12H13BrFN3S/c1-7-12(18-6-16-7)11(17-15)5-8-4-9(14)2-3-10(8)13/h2-4,6,11,17H,5,15H2,1H3. The van der Waals surface area contributed by atoms with Crippen molar-refractivity contribution < 1.29 is 4.39 Å². The molecule has 18 heavy (non-hydrogen) atoms. The Morgan fingerprint density at radius 2 is 2.33 bits per heavy atom. The van der Waals surface area contributed by atoms with Crippen LogP contribution in [-0.2, 0) is 6.42 Å². The summed E-state index contributed by atoms with van der Waals surface area (Å²) in [5.74, 6) is 5.34. The summed E-state index contributed by atoms with van der Waals surface area (Å²) < 4.78 is 14.1. The van der Waals surface area contributed by atoms with Crippen molar-refractivity contribution in [1.82, 2.24) is 10.4 Å². The summed E-state index contributed by atoms with van der Waals surface area (Å²) in [6.07, 6.45) is 0.609. The van der Waals surface area contributed by atoms with Crippen LogP contribution in [0, 0.1) is 12.7 Å². The Morgan fingerprint density at radius 1 is 1.56 bits per heavy atom. The van der Waals surface area contributed by atoms with Crippen molar-refractivity contribution in [3.05, 3.63) is 50.1 Å². The average molecular weight is 330 g/mol. The predicted molar refractivity (Wildman–Crippen MR) is 74.7 cm³/mol. The number of hydrogen-bond acceptors (Lipinski definition) is 4.